The topological polar surface area (TPSA) is 48.0 Å². The minimum Gasteiger partial charge on any atom is -0.296 e. The number of benzene rings is 2. The molecule has 0 atom stereocenters. The molecule has 3 aromatic rings. The Bertz CT molecular complexity index is 888. The van der Waals surface area contributed by atoms with Crippen molar-refractivity contribution in [2.75, 3.05) is 0 Å². The zero-order valence-corrected chi connectivity index (χ0v) is 13.3. The highest BCUT2D eigenvalue weighted by Crippen LogP contribution is 2.26. The lowest BCUT2D eigenvalue weighted by Crippen LogP contribution is -2.18. The van der Waals surface area contributed by atoms with Crippen molar-refractivity contribution in [2.24, 2.45) is 0 Å². The van der Waals surface area contributed by atoms with Crippen molar-refractivity contribution in [3.8, 4) is 0 Å². The first-order valence-electron chi connectivity index (χ1n) is 6.77. The molecular weight excluding hydrogens is 342 g/mol. The Balaban J connectivity index is 1.91. The van der Waals surface area contributed by atoms with Crippen LogP contribution in [0.1, 0.15) is 17.0 Å². The molecule has 0 saturated carbocycles. The molecule has 0 aliphatic rings. The van der Waals surface area contributed by atoms with Crippen LogP contribution in [0.2, 0.25) is 10.0 Å². The van der Waals surface area contributed by atoms with Crippen LogP contribution in [0.3, 0.4) is 0 Å². The third-order valence-electron chi connectivity index (χ3n) is 3.40. The van der Waals surface area contributed by atoms with E-state index in [1.165, 1.54) is 16.7 Å². The summed E-state index contributed by atoms with van der Waals surface area (Å²) in [4.78, 5) is 11.9. The quantitative estimate of drug-likeness (QED) is 0.714. The third kappa shape index (κ3) is 3.46. The molecule has 118 valence electrons. The second-order valence-corrected chi connectivity index (χ2v) is 5.75. The monoisotopic (exact) mass is 352 g/mol. The van der Waals surface area contributed by atoms with Crippen molar-refractivity contribution in [3.05, 3.63) is 85.8 Å². The van der Waals surface area contributed by atoms with Crippen LogP contribution in [0.15, 0.2) is 51.8 Å². The number of rotatable bonds is 4. The van der Waals surface area contributed by atoms with Gasteiger partial charge in [0.15, 0.2) is 5.82 Å². The van der Waals surface area contributed by atoms with Gasteiger partial charge in [0.2, 0.25) is 0 Å². The second kappa shape index (κ2) is 6.56. The number of halogens is 3. The van der Waals surface area contributed by atoms with E-state index in [-0.39, 0.29) is 12.4 Å². The molecule has 7 heteroatoms. The van der Waals surface area contributed by atoms with Gasteiger partial charge in [-0.1, -0.05) is 52.6 Å². The highest BCUT2D eigenvalue weighted by molar-refractivity contribution is 6.42. The fourth-order valence-electron chi connectivity index (χ4n) is 2.21. The van der Waals surface area contributed by atoms with Crippen LogP contribution in [0.5, 0.6) is 0 Å². The number of nitrogens with zero attached hydrogens (tertiary/aromatic N) is 2. The Labute approximate surface area is 141 Å². The van der Waals surface area contributed by atoms with Crippen molar-refractivity contribution >= 4 is 23.2 Å². The van der Waals surface area contributed by atoms with Gasteiger partial charge in [-0.3, -0.25) is 9.09 Å². The summed E-state index contributed by atoms with van der Waals surface area (Å²) >= 11 is 12.2. The van der Waals surface area contributed by atoms with E-state index >= 15 is 0 Å². The maximum atomic E-state index is 13.0. The lowest BCUT2D eigenvalue weighted by Gasteiger charge is -2.07. The average Bonchev–Trinajstić information content (AvgIpc) is 2.87. The zero-order chi connectivity index (χ0) is 16.4. The minimum absolute atomic E-state index is 0.232. The SMILES string of the molecule is O=c1onc(Cc2cccc(Cl)c2Cl)n1Cc1ccc(F)cc1. The first kappa shape index (κ1) is 15.8. The van der Waals surface area contributed by atoms with Crippen LogP contribution in [0, 0.1) is 5.82 Å². The smallest absolute Gasteiger partial charge is 0.296 e. The molecule has 0 aliphatic carbocycles. The van der Waals surface area contributed by atoms with E-state index in [1.807, 2.05) is 0 Å². The van der Waals surface area contributed by atoms with Gasteiger partial charge in [-0.05, 0) is 29.3 Å². The van der Waals surface area contributed by atoms with E-state index in [4.69, 9.17) is 27.7 Å². The Morgan fingerprint density at radius 3 is 2.61 bits per heavy atom. The summed E-state index contributed by atoms with van der Waals surface area (Å²) in [5.41, 5.74) is 1.50. The van der Waals surface area contributed by atoms with Gasteiger partial charge < -0.3 is 0 Å². The van der Waals surface area contributed by atoms with E-state index in [2.05, 4.69) is 5.16 Å². The van der Waals surface area contributed by atoms with Crippen LogP contribution >= 0.6 is 23.2 Å². The molecule has 3 rings (SSSR count). The van der Waals surface area contributed by atoms with Crippen LogP contribution in [-0.4, -0.2) is 9.72 Å². The van der Waals surface area contributed by atoms with E-state index in [1.54, 1.807) is 30.3 Å². The molecule has 0 bridgehead atoms. The predicted molar refractivity (Wildman–Crippen MR) is 85.5 cm³/mol. The van der Waals surface area contributed by atoms with Crippen molar-refractivity contribution in [3.63, 3.8) is 0 Å². The van der Waals surface area contributed by atoms with E-state index in [9.17, 15) is 9.18 Å². The lowest BCUT2D eigenvalue weighted by atomic mass is 10.1. The van der Waals surface area contributed by atoms with Crippen molar-refractivity contribution < 1.29 is 8.91 Å². The van der Waals surface area contributed by atoms with Gasteiger partial charge in [0.05, 0.1) is 16.6 Å². The second-order valence-electron chi connectivity index (χ2n) is 4.97. The van der Waals surface area contributed by atoms with Crippen molar-refractivity contribution in [1.82, 2.24) is 9.72 Å². The average molecular weight is 353 g/mol. The fourth-order valence-corrected chi connectivity index (χ4v) is 2.59. The van der Waals surface area contributed by atoms with Gasteiger partial charge in [-0.25, -0.2) is 9.18 Å². The van der Waals surface area contributed by atoms with E-state index < -0.39 is 5.76 Å². The van der Waals surface area contributed by atoms with Gasteiger partial charge >= 0.3 is 5.76 Å². The Morgan fingerprint density at radius 1 is 1.13 bits per heavy atom. The highest BCUT2D eigenvalue weighted by Gasteiger charge is 2.14. The Morgan fingerprint density at radius 2 is 1.87 bits per heavy atom. The summed E-state index contributed by atoms with van der Waals surface area (Å²) in [6, 6.07) is 11.1. The third-order valence-corrected chi connectivity index (χ3v) is 4.25. The molecule has 0 saturated heterocycles. The summed E-state index contributed by atoms with van der Waals surface area (Å²) in [5, 5.41) is 4.64. The summed E-state index contributed by atoms with van der Waals surface area (Å²) in [7, 11) is 0. The Kier molecular flexibility index (Phi) is 4.50. The first-order chi connectivity index (χ1) is 11.0. The van der Waals surface area contributed by atoms with Crippen molar-refractivity contribution in [1.29, 1.82) is 0 Å². The molecule has 1 heterocycles. The summed E-state index contributed by atoms with van der Waals surface area (Å²) in [5.74, 6) is -0.497. The van der Waals surface area contributed by atoms with Crippen LogP contribution in [0.4, 0.5) is 4.39 Å². The van der Waals surface area contributed by atoms with Gasteiger partial charge in [-0.2, -0.15) is 0 Å². The lowest BCUT2D eigenvalue weighted by molar-refractivity contribution is 0.375. The minimum atomic E-state index is -0.581. The molecule has 23 heavy (non-hydrogen) atoms. The predicted octanol–water partition coefficient (Wildman–Crippen LogP) is 3.92. The van der Waals surface area contributed by atoms with E-state index in [0.717, 1.165) is 11.1 Å². The van der Waals surface area contributed by atoms with Crippen molar-refractivity contribution in [2.45, 2.75) is 13.0 Å². The first-order valence-corrected chi connectivity index (χ1v) is 7.53. The molecule has 2 aromatic carbocycles. The molecule has 0 radical (unpaired) electrons. The van der Waals surface area contributed by atoms with Crippen LogP contribution < -0.4 is 5.76 Å². The number of hydrogen-bond acceptors (Lipinski definition) is 3. The maximum Gasteiger partial charge on any atom is 0.441 e. The summed E-state index contributed by atoms with van der Waals surface area (Å²) < 4.78 is 19.1. The number of aromatic nitrogens is 2. The highest BCUT2D eigenvalue weighted by atomic mass is 35.5. The maximum absolute atomic E-state index is 13.0. The molecule has 0 fully saturated rings. The fraction of sp³-hybridized carbons (Fsp3) is 0.125. The molecule has 0 unspecified atom stereocenters. The molecule has 0 amide bonds. The normalized spacial score (nSPS) is 10.9. The molecule has 0 spiro atoms. The molecule has 0 N–H and O–H groups in total. The molecule has 1 aromatic heterocycles. The van der Waals surface area contributed by atoms with Crippen LogP contribution in [-0.2, 0) is 13.0 Å². The Hall–Kier alpha value is -2.11. The van der Waals surface area contributed by atoms with Gasteiger partial charge in [-0.15, -0.1) is 0 Å². The van der Waals surface area contributed by atoms with Crippen LogP contribution in [0.25, 0.3) is 0 Å². The summed E-state index contributed by atoms with van der Waals surface area (Å²) in [6.07, 6.45) is 0.298. The standard InChI is InChI=1S/C16H11Cl2FN2O2/c17-13-3-1-2-11(15(13)18)8-14-20-23-16(22)21(14)9-10-4-6-12(19)7-5-10/h1-7H,8-9H2. The number of hydrogen-bond donors (Lipinski definition) is 0. The largest absolute Gasteiger partial charge is 0.441 e. The summed E-state index contributed by atoms with van der Waals surface area (Å²) in [6.45, 7) is 0.232. The zero-order valence-electron chi connectivity index (χ0n) is 11.8. The molecule has 0 aliphatic heterocycles. The molecular formula is C16H11Cl2FN2O2. The van der Waals surface area contributed by atoms with Gasteiger partial charge in [0.1, 0.15) is 5.82 Å². The molecule has 4 nitrogen and oxygen atoms in total. The van der Waals surface area contributed by atoms with Gasteiger partial charge in [0, 0.05) is 6.42 Å². The van der Waals surface area contributed by atoms with Gasteiger partial charge in [0.25, 0.3) is 0 Å². The van der Waals surface area contributed by atoms with E-state index in [0.29, 0.717) is 22.3 Å².